The molecular formula is C19H28N4O2. The molecule has 1 fully saturated rings. The predicted octanol–water partition coefficient (Wildman–Crippen LogP) is 2.55. The maximum atomic E-state index is 12.0. The Bertz CT molecular complexity index is 707. The van der Waals surface area contributed by atoms with Gasteiger partial charge in [-0.1, -0.05) is 31.4 Å². The van der Waals surface area contributed by atoms with Crippen LogP contribution < -0.4 is 10.8 Å². The van der Waals surface area contributed by atoms with Gasteiger partial charge in [-0.05, 0) is 43.9 Å². The number of imidazole rings is 1. The van der Waals surface area contributed by atoms with Crippen molar-refractivity contribution in [2.75, 3.05) is 6.54 Å². The summed E-state index contributed by atoms with van der Waals surface area (Å²) in [7, 11) is 2.00. The average molecular weight is 344 g/mol. The lowest BCUT2D eigenvalue weighted by atomic mass is 9.89. The van der Waals surface area contributed by atoms with Gasteiger partial charge in [0.1, 0.15) is 5.82 Å². The van der Waals surface area contributed by atoms with Gasteiger partial charge in [-0.15, -0.1) is 0 Å². The summed E-state index contributed by atoms with van der Waals surface area (Å²) in [6.07, 6.45) is 7.63. The molecule has 1 aliphatic carbocycles. The van der Waals surface area contributed by atoms with Crippen molar-refractivity contribution in [1.29, 1.82) is 0 Å². The lowest BCUT2D eigenvalue weighted by molar-refractivity contribution is -0.131. The topological polar surface area (TPSA) is 79.2 Å². The molecule has 1 saturated carbocycles. The van der Waals surface area contributed by atoms with E-state index in [0.29, 0.717) is 18.8 Å². The van der Waals surface area contributed by atoms with Crippen molar-refractivity contribution >= 4 is 16.9 Å². The van der Waals surface area contributed by atoms with Crippen LogP contribution in [0.2, 0.25) is 0 Å². The smallest absolute Gasteiger partial charge is 0.260 e. The predicted molar refractivity (Wildman–Crippen MR) is 97.3 cm³/mol. The van der Waals surface area contributed by atoms with Crippen LogP contribution in [0.5, 0.6) is 0 Å². The summed E-state index contributed by atoms with van der Waals surface area (Å²) >= 11 is 0. The Morgan fingerprint density at radius 1 is 1.32 bits per heavy atom. The summed E-state index contributed by atoms with van der Waals surface area (Å²) in [6, 6.07) is 7.63. The molecule has 3 N–H and O–H groups in total. The molecule has 6 heteroatoms. The molecule has 3 rings (SSSR count). The third-order valence-corrected chi connectivity index (χ3v) is 5.34. The second kappa shape index (κ2) is 8.45. The van der Waals surface area contributed by atoms with E-state index in [4.69, 9.17) is 5.21 Å². The fraction of sp³-hybridized carbons (Fsp3) is 0.579. The van der Waals surface area contributed by atoms with Crippen molar-refractivity contribution in [3.8, 4) is 0 Å². The monoisotopic (exact) mass is 344 g/mol. The molecule has 1 aromatic carbocycles. The molecule has 0 saturated heterocycles. The van der Waals surface area contributed by atoms with Gasteiger partial charge in [-0.25, -0.2) is 10.5 Å². The third-order valence-electron chi connectivity index (χ3n) is 5.34. The van der Waals surface area contributed by atoms with E-state index in [1.54, 1.807) is 5.48 Å². The van der Waals surface area contributed by atoms with Crippen molar-refractivity contribution in [2.45, 2.75) is 51.0 Å². The lowest BCUT2D eigenvalue weighted by Gasteiger charge is -2.24. The van der Waals surface area contributed by atoms with E-state index in [-0.39, 0.29) is 5.91 Å². The van der Waals surface area contributed by atoms with Crippen LogP contribution in [0, 0.1) is 5.92 Å². The van der Waals surface area contributed by atoms with Crippen LogP contribution in [0.3, 0.4) is 0 Å². The second-order valence-corrected chi connectivity index (χ2v) is 7.06. The van der Waals surface area contributed by atoms with Crippen molar-refractivity contribution in [3.63, 3.8) is 0 Å². The number of hydrogen-bond acceptors (Lipinski definition) is 4. The number of hydroxylamine groups is 1. The summed E-state index contributed by atoms with van der Waals surface area (Å²) in [5.41, 5.74) is 3.87. The maximum Gasteiger partial charge on any atom is 0.260 e. The first kappa shape index (κ1) is 17.9. The summed E-state index contributed by atoms with van der Waals surface area (Å²) in [5.74, 6) is 1.23. The van der Waals surface area contributed by atoms with Gasteiger partial charge in [0, 0.05) is 13.5 Å². The van der Waals surface area contributed by atoms with Crippen molar-refractivity contribution in [2.24, 2.45) is 13.0 Å². The van der Waals surface area contributed by atoms with E-state index in [0.717, 1.165) is 23.4 Å². The number of amides is 1. The van der Waals surface area contributed by atoms with E-state index in [1.807, 2.05) is 31.3 Å². The number of hydrogen-bond donors (Lipinski definition) is 3. The van der Waals surface area contributed by atoms with Gasteiger partial charge in [-0.2, -0.15) is 0 Å². The number of fused-ring (bicyclic) bond motifs is 1. The molecule has 0 radical (unpaired) electrons. The van der Waals surface area contributed by atoms with Gasteiger partial charge < -0.3 is 9.88 Å². The van der Waals surface area contributed by atoms with E-state index >= 15 is 0 Å². The van der Waals surface area contributed by atoms with Crippen molar-refractivity contribution in [3.05, 3.63) is 30.1 Å². The van der Waals surface area contributed by atoms with Crippen LogP contribution in [0.4, 0.5) is 0 Å². The fourth-order valence-electron chi connectivity index (χ4n) is 3.80. The molecule has 1 aliphatic rings. The number of carbonyl (C=O) groups excluding carboxylic acids is 1. The molecule has 1 unspecified atom stereocenters. The summed E-state index contributed by atoms with van der Waals surface area (Å²) < 4.78 is 2.07. The normalized spacial score (nSPS) is 16.9. The largest absolute Gasteiger partial charge is 0.331 e. The number of benzene rings is 1. The summed E-state index contributed by atoms with van der Waals surface area (Å²) in [5, 5.41) is 12.4. The van der Waals surface area contributed by atoms with Gasteiger partial charge in [0.15, 0.2) is 0 Å². The zero-order valence-electron chi connectivity index (χ0n) is 14.9. The van der Waals surface area contributed by atoms with E-state index in [1.165, 1.54) is 32.1 Å². The minimum Gasteiger partial charge on any atom is -0.331 e. The number of nitrogens with zero attached hydrogens (tertiary/aromatic N) is 2. The molecule has 1 atom stereocenters. The standard InChI is InChI=1S/C19H28N4O2/c1-23-17-10-6-5-9-15(17)21-18(23)12-11-16(19(24)22-25)20-13-14-7-3-2-4-8-14/h5-6,9-10,14,16,20,25H,2-4,7-8,11-13H2,1H3,(H,22,24). The zero-order valence-corrected chi connectivity index (χ0v) is 14.9. The number of rotatable bonds is 7. The van der Waals surface area contributed by atoms with Crippen LogP contribution in [0.15, 0.2) is 24.3 Å². The highest BCUT2D eigenvalue weighted by Gasteiger charge is 2.21. The maximum absolute atomic E-state index is 12.0. The molecule has 0 spiro atoms. The first-order valence-corrected chi connectivity index (χ1v) is 9.26. The molecule has 25 heavy (non-hydrogen) atoms. The first-order chi connectivity index (χ1) is 12.2. The molecular weight excluding hydrogens is 316 g/mol. The Kier molecular flexibility index (Phi) is 6.04. The van der Waals surface area contributed by atoms with E-state index in [2.05, 4.69) is 14.9 Å². The minimum absolute atomic E-state index is 0.366. The highest BCUT2D eigenvalue weighted by Crippen LogP contribution is 2.23. The number of aromatic nitrogens is 2. The van der Waals surface area contributed by atoms with Crippen LogP contribution in [-0.2, 0) is 18.3 Å². The highest BCUT2D eigenvalue weighted by atomic mass is 16.5. The highest BCUT2D eigenvalue weighted by molar-refractivity contribution is 5.80. The second-order valence-electron chi connectivity index (χ2n) is 7.06. The molecule has 136 valence electrons. The first-order valence-electron chi connectivity index (χ1n) is 9.26. The molecule has 0 bridgehead atoms. The van der Waals surface area contributed by atoms with Gasteiger partial charge in [0.25, 0.3) is 5.91 Å². The summed E-state index contributed by atoms with van der Waals surface area (Å²) in [4.78, 5) is 16.7. The Morgan fingerprint density at radius 2 is 2.08 bits per heavy atom. The van der Waals surface area contributed by atoms with E-state index < -0.39 is 6.04 Å². The molecule has 0 aliphatic heterocycles. The molecule has 1 aromatic heterocycles. The van der Waals surface area contributed by atoms with Gasteiger partial charge in [0.05, 0.1) is 17.1 Å². The zero-order chi connectivity index (χ0) is 17.6. The Balaban J connectivity index is 1.61. The fourth-order valence-corrected chi connectivity index (χ4v) is 3.80. The summed E-state index contributed by atoms with van der Waals surface area (Å²) in [6.45, 7) is 0.834. The average Bonchev–Trinajstić information content (AvgIpc) is 2.98. The molecule has 2 aromatic rings. The number of carbonyl (C=O) groups is 1. The number of nitrogens with one attached hydrogen (secondary N) is 2. The van der Waals surface area contributed by atoms with Crippen LogP contribution in [0.1, 0.15) is 44.3 Å². The molecule has 6 nitrogen and oxygen atoms in total. The van der Waals surface area contributed by atoms with Gasteiger partial charge in [-0.3, -0.25) is 10.0 Å². The molecule has 1 amide bonds. The minimum atomic E-state index is -0.397. The van der Waals surface area contributed by atoms with Crippen LogP contribution in [0.25, 0.3) is 11.0 Å². The quantitative estimate of drug-likeness (QED) is 0.533. The van der Waals surface area contributed by atoms with Crippen molar-refractivity contribution < 1.29 is 10.0 Å². The van der Waals surface area contributed by atoms with Gasteiger partial charge in [0.2, 0.25) is 0 Å². The Hall–Kier alpha value is -1.92. The Labute approximate surface area is 148 Å². The lowest BCUT2D eigenvalue weighted by Crippen LogP contribution is -2.45. The van der Waals surface area contributed by atoms with E-state index in [9.17, 15) is 4.79 Å². The molecule has 1 heterocycles. The number of aryl methyl sites for hydroxylation is 2. The van der Waals surface area contributed by atoms with Crippen LogP contribution in [-0.4, -0.2) is 33.3 Å². The van der Waals surface area contributed by atoms with Crippen LogP contribution >= 0.6 is 0 Å². The third kappa shape index (κ3) is 4.38. The Morgan fingerprint density at radius 3 is 2.80 bits per heavy atom. The van der Waals surface area contributed by atoms with Crippen molar-refractivity contribution in [1.82, 2.24) is 20.3 Å². The SMILES string of the molecule is Cn1c(CCC(NCC2CCCCC2)C(=O)NO)nc2ccccc21. The number of para-hydroxylation sites is 2. The van der Waals surface area contributed by atoms with Gasteiger partial charge >= 0.3 is 0 Å².